The molecule has 0 aliphatic carbocycles. The van der Waals surface area contributed by atoms with Crippen LogP contribution in [0.3, 0.4) is 0 Å². The third kappa shape index (κ3) is 2.03. The van der Waals surface area contributed by atoms with E-state index in [2.05, 4.69) is 47.5 Å². The van der Waals surface area contributed by atoms with Crippen molar-refractivity contribution >= 4 is 34.0 Å². The summed E-state index contributed by atoms with van der Waals surface area (Å²) in [7, 11) is 2.08. The number of hydrogen-bond donors (Lipinski definition) is 1. The zero-order valence-corrected chi connectivity index (χ0v) is 9.50. The van der Waals surface area contributed by atoms with Crippen LogP contribution in [0.4, 0.5) is 11.4 Å². The topological polar surface area (TPSA) is 29.3 Å². The maximum Gasteiger partial charge on any atom is 0.0500 e. The van der Waals surface area contributed by atoms with E-state index in [1.165, 1.54) is 9.26 Å². The molecule has 0 heterocycles. The predicted molar refractivity (Wildman–Crippen MR) is 62.5 cm³/mol. The third-order valence-electron chi connectivity index (χ3n) is 1.86. The van der Waals surface area contributed by atoms with E-state index in [9.17, 15) is 0 Å². The molecule has 1 aromatic rings. The highest BCUT2D eigenvalue weighted by molar-refractivity contribution is 14.1. The van der Waals surface area contributed by atoms with Crippen LogP contribution in [-0.2, 0) is 0 Å². The SMILES string of the molecule is CCN(C)c1ccc(N)cc1I. The minimum Gasteiger partial charge on any atom is -0.399 e. The lowest BCUT2D eigenvalue weighted by atomic mass is 10.2. The van der Waals surface area contributed by atoms with Gasteiger partial charge in [0.05, 0.1) is 5.69 Å². The fraction of sp³-hybridized carbons (Fsp3) is 0.333. The van der Waals surface area contributed by atoms with Gasteiger partial charge in [-0.25, -0.2) is 0 Å². The van der Waals surface area contributed by atoms with Gasteiger partial charge in [-0.2, -0.15) is 0 Å². The fourth-order valence-electron chi connectivity index (χ4n) is 1.00. The van der Waals surface area contributed by atoms with Gasteiger partial charge in [0.2, 0.25) is 0 Å². The summed E-state index contributed by atoms with van der Waals surface area (Å²) in [4.78, 5) is 2.20. The van der Waals surface area contributed by atoms with Gasteiger partial charge in [0.25, 0.3) is 0 Å². The molecule has 66 valence electrons. The second-order valence-electron chi connectivity index (χ2n) is 2.73. The van der Waals surface area contributed by atoms with Crippen molar-refractivity contribution < 1.29 is 0 Å². The summed E-state index contributed by atoms with van der Waals surface area (Å²) in [6, 6.07) is 5.98. The van der Waals surface area contributed by atoms with Crippen LogP contribution in [0.5, 0.6) is 0 Å². The van der Waals surface area contributed by atoms with Gasteiger partial charge >= 0.3 is 0 Å². The fourth-order valence-corrected chi connectivity index (χ4v) is 1.95. The first-order valence-electron chi connectivity index (χ1n) is 3.91. The molecule has 0 unspecified atom stereocenters. The molecule has 0 saturated heterocycles. The molecule has 2 nitrogen and oxygen atoms in total. The van der Waals surface area contributed by atoms with Gasteiger partial charge in [-0.1, -0.05) is 0 Å². The van der Waals surface area contributed by atoms with E-state index < -0.39 is 0 Å². The maximum absolute atomic E-state index is 5.65. The van der Waals surface area contributed by atoms with Gasteiger partial charge < -0.3 is 10.6 Å². The van der Waals surface area contributed by atoms with Crippen LogP contribution in [0.1, 0.15) is 6.92 Å². The Kier molecular flexibility index (Phi) is 3.20. The zero-order chi connectivity index (χ0) is 9.14. The molecule has 0 aliphatic heterocycles. The largest absolute Gasteiger partial charge is 0.399 e. The number of nitrogens with two attached hydrogens (primary N) is 1. The first kappa shape index (κ1) is 9.64. The lowest BCUT2D eigenvalue weighted by Crippen LogP contribution is -2.16. The average molecular weight is 276 g/mol. The summed E-state index contributed by atoms with van der Waals surface area (Å²) in [6.45, 7) is 3.15. The second kappa shape index (κ2) is 3.98. The molecule has 12 heavy (non-hydrogen) atoms. The molecule has 3 heteroatoms. The summed E-state index contributed by atoms with van der Waals surface area (Å²) in [5.74, 6) is 0. The van der Waals surface area contributed by atoms with Crippen molar-refractivity contribution in [2.45, 2.75) is 6.92 Å². The number of benzene rings is 1. The van der Waals surface area contributed by atoms with E-state index in [-0.39, 0.29) is 0 Å². The quantitative estimate of drug-likeness (QED) is 0.663. The second-order valence-corrected chi connectivity index (χ2v) is 3.89. The Morgan fingerprint density at radius 1 is 1.50 bits per heavy atom. The van der Waals surface area contributed by atoms with Gasteiger partial charge in [0.1, 0.15) is 0 Å². The molecular formula is C9H13IN2. The summed E-state index contributed by atoms with van der Waals surface area (Å²) in [6.07, 6.45) is 0. The third-order valence-corrected chi connectivity index (χ3v) is 2.72. The Morgan fingerprint density at radius 2 is 2.17 bits per heavy atom. The lowest BCUT2D eigenvalue weighted by Gasteiger charge is -2.18. The molecule has 0 amide bonds. The molecule has 2 N–H and O–H groups in total. The highest BCUT2D eigenvalue weighted by atomic mass is 127. The molecule has 0 fully saturated rings. The van der Waals surface area contributed by atoms with Gasteiger partial charge in [0.15, 0.2) is 0 Å². The van der Waals surface area contributed by atoms with Crippen LogP contribution < -0.4 is 10.6 Å². The Hall–Kier alpha value is -0.450. The molecule has 0 radical (unpaired) electrons. The van der Waals surface area contributed by atoms with E-state index in [1.807, 2.05) is 12.1 Å². The van der Waals surface area contributed by atoms with E-state index in [4.69, 9.17) is 5.73 Å². The van der Waals surface area contributed by atoms with E-state index in [1.54, 1.807) is 0 Å². The van der Waals surface area contributed by atoms with Crippen LogP contribution in [0.2, 0.25) is 0 Å². The Labute approximate surface area is 86.9 Å². The number of nitrogens with zero attached hydrogens (tertiary/aromatic N) is 1. The predicted octanol–water partition coefficient (Wildman–Crippen LogP) is 2.33. The van der Waals surface area contributed by atoms with E-state index in [0.717, 1.165) is 12.2 Å². The van der Waals surface area contributed by atoms with Crippen LogP contribution in [-0.4, -0.2) is 13.6 Å². The smallest absolute Gasteiger partial charge is 0.0500 e. The molecule has 0 aliphatic rings. The van der Waals surface area contributed by atoms with Crippen molar-refractivity contribution in [3.8, 4) is 0 Å². The van der Waals surface area contributed by atoms with Crippen molar-refractivity contribution in [2.75, 3.05) is 24.2 Å². The Bertz CT molecular complexity index is 273. The minimum absolute atomic E-state index is 0.827. The molecule has 0 aromatic heterocycles. The van der Waals surface area contributed by atoms with Crippen LogP contribution in [0.25, 0.3) is 0 Å². The summed E-state index contributed by atoms with van der Waals surface area (Å²) < 4.78 is 1.21. The van der Waals surface area contributed by atoms with Gasteiger partial charge in [-0.05, 0) is 47.7 Å². The van der Waals surface area contributed by atoms with Crippen molar-refractivity contribution in [3.05, 3.63) is 21.8 Å². The molecule has 0 atom stereocenters. The summed E-state index contributed by atoms with van der Waals surface area (Å²) in [5.41, 5.74) is 7.72. The first-order valence-corrected chi connectivity index (χ1v) is 4.99. The normalized spacial score (nSPS) is 9.92. The van der Waals surface area contributed by atoms with E-state index in [0.29, 0.717) is 0 Å². The van der Waals surface area contributed by atoms with Gasteiger partial charge in [-0.15, -0.1) is 0 Å². The minimum atomic E-state index is 0.827. The molecule has 0 bridgehead atoms. The molecule has 1 rings (SSSR count). The Balaban J connectivity index is 3.01. The number of anilines is 2. The van der Waals surface area contributed by atoms with Crippen LogP contribution in [0.15, 0.2) is 18.2 Å². The standard InChI is InChI=1S/C9H13IN2/c1-3-12(2)9-5-4-7(11)6-8(9)10/h4-6H,3,11H2,1-2H3. The zero-order valence-electron chi connectivity index (χ0n) is 7.34. The lowest BCUT2D eigenvalue weighted by molar-refractivity contribution is 0.964. The summed E-state index contributed by atoms with van der Waals surface area (Å²) >= 11 is 2.30. The molecule has 0 spiro atoms. The molecule has 0 saturated carbocycles. The van der Waals surface area contributed by atoms with Crippen molar-refractivity contribution in [1.82, 2.24) is 0 Å². The van der Waals surface area contributed by atoms with Crippen LogP contribution in [0, 0.1) is 3.57 Å². The monoisotopic (exact) mass is 276 g/mol. The van der Waals surface area contributed by atoms with Crippen molar-refractivity contribution in [3.63, 3.8) is 0 Å². The highest BCUT2D eigenvalue weighted by Gasteiger charge is 2.02. The molecule has 1 aromatic carbocycles. The number of rotatable bonds is 2. The van der Waals surface area contributed by atoms with Gasteiger partial charge in [0, 0.05) is 22.8 Å². The number of halogens is 1. The average Bonchev–Trinajstić information content (AvgIpc) is 2.03. The maximum atomic E-state index is 5.65. The first-order chi connectivity index (χ1) is 5.65. The highest BCUT2D eigenvalue weighted by Crippen LogP contribution is 2.23. The summed E-state index contributed by atoms with van der Waals surface area (Å²) in [5, 5.41) is 0. The number of nitrogen functional groups attached to an aromatic ring is 1. The molecular weight excluding hydrogens is 263 g/mol. The Morgan fingerprint density at radius 3 is 2.67 bits per heavy atom. The number of hydrogen-bond acceptors (Lipinski definition) is 2. The van der Waals surface area contributed by atoms with Crippen molar-refractivity contribution in [2.24, 2.45) is 0 Å². The van der Waals surface area contributed by atoms with E-state index >= 15 is 0 Å². The van der Waals surface area contributed by atoms with Crippen molar-refractivity contribution in [1.29, 1.82) is 0 Å². The van der Waals surface area contributed by atoms with Gasteiger partial charge in [-0.3, -0.25) is 0 Å². The van der Waals surface area contributed by atoms with Crippen LogP contribution >= 0.6 is 22.6 Å².